The van der Waals surface area contributed by atoms with Crippen LogP contribution in [0, 0.1) is 0 Å². The number of nitrogens with zero attached hydrogens (tertiary/aromatic N) is 1. The summed E-state index contributed by atoms with van der Waals surface area (Å²) in [5.41, 5.74) is -0.412. The Balaban J connectivity index is 2.09. The SMILES string of the molecule is COC(=O)c1ccc(NC(=O)Cn2cccc(C(=O)O)c2=O)cc1. The predicted octanol–water partition coefficient (Wildman–Crippen LogP) is 0.972. The van der Waals surface area contributed by atoms with Gasteiger partial charge in [-0.2, -0.15) is 0 Å². The molecule has 124 valence electrons. The van der Waals surface area contributed by atoms with E-state index in [0.29, 0.717) is 11.3 Å². The smallest absolute Gasteiger partial charge is 0.341 e. The van der Waals surface area contributed by atoms with E-state index in [2.05, 4.69) is 10.1 Å². The van der Waals surface area contributed by atoms with E-state index in [1.165, 1.54) is 49.7 Å². The van der Waals surface area contributed by atoms with Crippen molar-refractivity contribution in [3.05, 3.63) is 64.1 Å². The van der Waals surface area contributed by atoms with Crippen LogP contribution in [0.25, 0.3) is 0 Å². The molecule has 0 spiro atoms. The number of amides is 1. The van der Waals surface area contributed by atoms with Crippen molar-refractivity contribution >= 4 is 23.5 Å². The fourth-order valence-corrected chi connectivity index (χ4v) is 1.99. The van der Waals surface area contributed by atoms with E-state index in [4.69, 9.17) is 5.11 Å². The summed E-state index contributed by atoms with van der Waals surface area (Å²) in [6, 6.07) is 8.55. The number of nitrogens with one attached hydrogen (secondary N) is 1. The number of carboxylic acids is 1. The average Bonchev–Trinajstić information content (AvgIpc) is 2.56. The molecule has 8 heteroatoms. The van der Waals surface area contributed by atoms with Gasteiger partial charge in [0.05, 0.1) is 12.7 Å². The van der Waals surface area contributed by atoms with Crippen LogP contribution in [0.3, 0.4) is 0 Å². The second-order valence-electron chi connectivity index (χ2n) is 4.78. The van der Waals surface area contributed by atoms with Crippen LogP contribution in [0.2, 0.25) is 0 Å². The van der Waals surface area contributed by atoms with Crippen LogP contribution in [0.4, 0.5) is 5.69 Å². The van der Waals surface area contributed by atoms with E-state index >= 15 is 0 Å². The molecule has 2 rings (SSSR count). The third-order valence-corrected chi connectivity index (χ3v) is 3.15. The molecule has 0 saturated heterocycles. The summed E-state index contributed by atoms with van der Waals surface area (Å²) in [5.74, 6) is -2.36. The van der Waals surface area contributed by atoms with Gasteiger partial charge in [0, 0.05) is 11.9 Å². The molecular weight excluding hydrogens is 316 g/mol. The number of rotatable bonds is 5. The first kappa shape index (κ1) is 16.9. The molecular formula is C16H14N2O6. The van der Waals surface area contributed by atoms with Gasteiger partial charge in [-0.1, -0.05) is 0 Å². The number of benzene rings is 1. The van der Waals surface area contributed by atoms with Crippen LogP contribution in [0.5, 0.6) is 0 Å². The molecule has 0 bridgehead atoms. The molecule has 0 saturated carbocycles. The lowest BCUT2D eigenvalue weighted by Gasteiger charge is -2.08. The summed E-state index contributed by atoms with van der Waals surface area (Å²) >= 11 is 0. The molecule has 1 aromatic heterocycles. The maximum atomic E-state index is 12.0. The quantitative estimate of drug-likeness (QED) is 0.790. The van der Waals surface area contributed by atoms with Gasteiger partial charge in [0.1, 0.15) is 12.1 Å². The number of pyridine rings is 1. The van der Waals surface area contributed by atoms with E-state index in [0.717, 1.165) is 4.57 Å². The first-order valence-electron chi connectivity index (χ1n) is 6.83. The standard InChI is InChI=1S/C16H14N2O6/c1-24-16(23)10-4-6-11(7-5-10)17-13(19)9-18-8-2-3-12(14(18)20)15(21)22/h2-8H,9H2,1H3,(H,17,19)(H,21,22). The minimum Gasteiger partial charge on any atom is -0.477 e. The Morgan fingerprint density at radius 3 is 2.42 bits per heavy atom. The van der Waals surface area contributed by atoms with E-state index in [1.807, 2.05) is 0 Å². The predicted molar refractivity (Wildman–Crippen MR) is 84.1 cm³/mol. The molecule has 0 unspecified atom stereocenters. The maximum absolute atomic E-state index is 12.0. The maximum Gasteiger partial charge on any atom is 0.341 e. The van der Waals surface area contributed by atoms with E-state index in [9.17, 15) is 19.2 Å². The van der Waals surface area contributed by atoms with Gasteiger partial charge in [-0.05, 0) is 36.4 Å². The normalized spacial score (nSPS) is 10.0. The number of methoxy groups -OCH3 is 1. The lowest BCUT2D eigenvalue weighted by molar-refractivity contribution is -0.116. The van der Waals surface area contributed by atoms with Crippen LogP contribution in [0.1, 0.15) is 20.7 Å². The highest BCUT2D eigenvalue weighted by Gasteiger charge is 2.12. The molecule has 2 aromatic rings. The molecule has 0 atom stereocenters. The van der Waals surface area contributed by atoms with Crippen molar-refractivity contribution in [3.8, 4) is 0 Å². The topological polar surface area (TPSA) is 115 Å². The van der Waals surface area contributed by atoms with Crippen molar-refractivity contribution in [1.29, 1.82) is 0 Å². The third-order valence-electron chi connectivity index (χ3n) is 3.15. The highest BCUT2D eigenvalue weighted by Crippen LogP contribution is 2.10. The van der Waals surface area contributed by atoms with Gasteiger partial charge in [-0.15, -0.1) is 0 Å². The fraction of sp³-hybridized carbons (Fsp3) is 0.125. The second kappa shape index (κ2) is 7.23. The van der Waals surface area contributed by atoms with Gasteiger partial charge in [0.15, 0.2) is 0 Å². The fourth-order valence-electron chi connectivity index (χ4n) is 1.99. The van der Waals surface area contributed by atoms with Crippen molar-refractivity contribution in [1.82, 2.24) is 4.57 Å². The Hall–Kier alpha value is -3.42. The number of carbonyl (C=O) groups excluding carboxylic acids is 2. The molecule has 1 amide bonds. The summed E-state index contributed by atoms with van der Waals surface area (Å²) < 4.78 is 5.57. The molecule has 1 heterocycles. The van der Waals surface area contributed by atoms with Crippen LogP contribution in [-0.2, 0) is 16.1 Å². The molecule has 8 nitrogen and oxygen atoms in total. The van der Waals surface area contributed by atoms with Gasteiger partial charge in [-0.3, -0.25) is 9.59 Å². The lowest BCUT2D eigenvalue weighted by Crippen LogP contribution is -2.30. The van der Waals surface area contributed by atoms with Crippen molar-refractivity contribution in [2.45, 2.75) is 6.54 Å². The molecule has 0 aliphatic rings. The van der Waals surface area contributed by atoms with Gasteiger partial charge < -0.3 is 19.7 Å². The summed E-state index contributed by atoms with van der Waals surface area (Å²) in [5, 5.41) is 11.5. The molecule has 24 heavy (non-hydrogen) atoms. The number of carboxylic acid groups (broad SMARTS) is 1. The second-order valence-corrected chi connectivity index (χ2v) is 4.78. The molecule has 0 aliphatic carbocycles. The van der Waals surface area contributed by atoms with Crippen molar-refractivity contribution < 1.29 is 24.2 Å². The van der Waals surface area contributed by atoms with E-state index in [1.54, 1.807) is 0 Å². The summed E-state index contributed by atoms with van der Waals surface area (Å²) in [6.07, 6.45) is 1.33. The van der Waals surface area contributed by atoms with Gasteiger partial charge in [-0.25, -0.2) is 9.59 Å². The number of carbonyl (C=O) groups is 3. The van der Waals surface area contributed by atoms with Crippen LogP contribution in [0.15, 0.2) is 47.4 Å². The number of ether oxygens (including phenoxy) is 1. The monoisotopic (exact) mass is 330 g/mol. The molecule has 0 fully saturated rings. The number of aromatic carboxylic acids is 1. The third kappa shape index (κ3) is 3.86. The number of anilines is 1. The van der Waals surface area contributed by atoms with Crippen molar-refractivity contribution in [2.24, 2.45) is 0 Å². The van der Waals surface area contributed by atoms with Crippen LogP contribution >= 0.6 is 0 Å². The zero-order chi connectivity index (χ0) is 17.7. The first-order valence-corrected chi connectivity index (χ1v) is 6.83. The Labute approximate surface area is 136 Å². The Kier molecular flexibility index (Phi) is 5.10. The van der Waals surface area contributed by atoms with Crippen LogP contribution in [-0.4, -0.2) is 34.6 Å². The minimum absolute atomic E-state index is 0.334. The largest absolute Gasteiger partial charge is 0.477 e. The van der Waals surface area contributed by atoms with Gasteiger partial charge in [0.2, 0.25) is 5.91 Å². The number of hydrogen-bond donors (Lipinski definition) is 2. The number of hydrogen-bond acceptors (Lipinski definition) is 5. The van der Waals surface area contributed by atoms with E-state index in [-0.39, 0.29) is 6.54 Å². The highest BCUT2D eigenvalue weighted by atomic mass is 16.5. The highest BCUT2D eigenvalue weighted by molar-refractivity contribution is 5.93. The van der Waals surface area contributed by atoms with Crippen molar-refractivity contribution in [3.63, 3.8) is 0 Å². The molecule has 0 radical (unpaired) electrons. The Bertz CT molecular complexity index is 838. The average molecular weight is 330 g/mol. The van der Waals surface area contributed by atoms with Gasteiger partial charge in [0.25, 0.3) is 5.56 Å². The zero-order valence-corrected chi connectivity index (χ0v) is 12.7. The van der Waals surface area contributed by atoms with Crippen LogP contribution < -0.4 is 10.9 Å². The molecule has 0 aliphatic heterocycles. The van der Waals surface area contributed by atoms with E-state index < -0.39 is 29.0 Å². The lowest BCUT2D eigenvalue weighted by atomic mass is 10.2. The molecule has 2 N–H and O–H groups in total. The Morgan fingerprint density at radius 2 is 1.83 bits per heavy atom. The van der Waals surface area contributed by atoms with Gasteiger partial charge >= 0.3 is 11.9 Å². The first-order chi connectivity index (χ1) is 11.4. The number of aromatic nitrogens is 1. The number of esters is 1. The minimum atomic E-state index is -1.35. The Morgan fingerprint density at radius 1 is 1.17 bits per heavy atom. The summed E-state index contributed by atoms with van der Waals surface area (Å²) in [7, 11) is 1.26. The summed E-state index contributed by atoms with van der Waals surface area (Å²) in [4.78, 5) is 46.1. The zero-order valence-electron chi connectivity index (χ0n) is 12.7. The van der Waals surface area contributed by atoms with Crippen molar-refractivity contribution in [2.75, 3.05) is 12.4 Å². The summed E-state index contributed by atoms with van der Waals surface area (Å²) in [6.45, 7) is -0.335. The molecule has 1 aromatic carbocycles.